The first-order valence-electron chi connectivity index (χ1n) is 9.30. The Labute approximate surface area is 172 Å². The van der Waals surface area contributed by atoms with Crippen LogP contribution in [0.3, 0.4) is 0 Å². The third kappa shape index (κ3) is 4.17. The lowest BCUT2D eigenvalue weighted by atomic mass is 10.2. The average molecular weight is 402 g/mol. The Balaban J connectivity index is 1.42. The number of aryl methyl sites for hydroxylation is 2. The van der Waals surface area contributed by atoms with Gasteiger partial charge in [-0.1, -0.05) is 12.1 Å². The Kier molecular flexibility index (Phi) is 5.21. The number of anilines is 3. The van der Waals surface area contributed by atoms with Gasteiger partial charge in [0.05, 0.1) is 11.3 Å². The van der Waals surface area contributed by atoms with Crippen molar-refractivity contribution < 1.29 is 9.18 Å². The molecule has 1 amide bonds. The quantitative estimate of drug-likeness (QED) is 0.516. The van der Waals surface area contributed by atoms with E-state index in [4.69, 9.17) is 0 Å². The molecule has 7 nitrogen and oxygen atoms in total. The molecule has 2 aromatic heterocycles. The molecular formula is C22H19FN6O. The fraction of sp³-hybridized carbons (Fsp3) is 0.0909. The Morgan fingerprint density at radius 1 is 0.933 bits per heavy atom. The van der Waals surface area contributed by atoms with Crippen molar-refractivity contribution in [2.45, 2.75) is 13.8 Å². The topological polar surface area (TPSA) is 84.7 Å². The van der Waals surface area contributed by atoms with E-state index in [1.54, 1.807) is 41.1 Å². The second kappa shape index (κ2) is 8.12. The van der Waals surface area contributed by atoms with E-state index in [0.29, 0.717) is 17.3 Å². The summed E-state index contributed by atoms with van der Waals surface area (Å²) in [6.45, 7) is 3.88. The van der Waals surface area contributed by atoms with Crippen LogP contribution in [0.4, 0.5) is 21.6 Å². The predicted octanol–water partition coefficient (Wildman–Crippen LogP) is 4.41. The van der Waals surface area contributed by atoms with Crippen LogP contribution >= 0.6 is 0 Å². The lowest BCUT2D eigenvalue weighted by molar-refractivity contribution is 0.102. The van der Waals surface area contributed by atoms with Gasteiger partial charge < -0.3 is 10.6 Å². The summed E-state index contributed by atoms with van der Waals surface area (Å²) in [6, 6.07) is 18.5. The molecule has 4 rings (SSSR count). The number of benzene rings is 2. The molecule has 4 aromatic rings. The van der Waals surface area contributed by atoms with Crippen LogP contribution in [-0.4, -0.2) is 25.9 Å². The molecule has 0 fully saturated rings. The normalized spacial score (nSPS) is 10.6. The molecule has 2 heterocycles. The predicted molar refractivity (Wildman–Crippen MR) is 113 cm³/mol. The number of carbonyl (C=O) groups excluding carboxylic acids is 1. The van der Waals surface area contributed by atoms with Crippen molar-refractivity contribution in [1.82, 2.24) is 20.0 Å². The number of hydrogen-bond donors (Lipinski definition) is 2. The van der Waals surface area contributed by atoms with Crippen molar-refractivity contribution in [3.8, 4) is 5.82 Å². The van der Waals surface area contributed by atoms with Crippen LogP contribution in [0.2, 0.25) is 0 Å². The minimum absolute atomic E-state index is 0.00215. The first-order chi connectivity index (χ1) is 14.5. The lowest BCUT2D eigenvalue weighted by Gasteiger charge is -2.09. The zero-order chi connectivity index (χ0) is 21.1. The fourth-order valence-corrected chi connectivity index (χ4v) is 2.99. The second-order valence-electron chi connectivity index (χ2n) is 6.75. The van der Waals surface area contributed by atoms with Crippen LogP contribution in [0.1, 0.15) is 21.7 Å². The van der Waals surface area contributed by atoms with Crippen LogP contribution in [-0.2, 0) is 0 Å². The van der Waals surface area contributed by atoms with E-state index in [1.165, 1.54) is 12.1 Å². The summed E-state index contributed by atoms with van der Waals surface area (Å²) in [7, 11) is 0. The number of rotatable bonds is 5. The van der Waals surface area contributed by atoms with Crippen molar-refractivity contribution >= 4 is 23.1 Å². The van der Waals surface area contributed by atoms with E-state index in [-0.39, 0.29) is 5.56 Å². The van der Waals surface area contributed by atoms with Gasteiger partial charge in [0.25, 0.3) is 5.91 Å². The molecule has 0 atom stereocenters. The maximum atomic E-state index is 13.7. The molecular weight excluding hydrogens is 383 g/mol. The van der Waals surface area contributed by atoms with Gasteiger partial charge in [-0.15, -0.1) is 10.2 Å². The van der Waals surface area contributed by atoms with E-state index < -0.39 is 11.7 Å². The van der Waals surface area contributed by atoms with E-state index in [1.807, 2.05) is 32.0 Å². The number of nitrogens with zero attached hydrogens (tertiary/aromatic N) is 4. The summed E-state index contributed by atoms with van der Waals surface area (Å²) in [6.07, 6.45) is 0. The zero-order valence-electron chi connectivity index (χ0n) is 16.4. The largest absolute Gasteiger partial charge is 0.339 e. The summed E-state index contributed by atoms with van der Waals surface area (Å²) in [5.74, 6) is 0.149. The summed E-state index contributed by atoms with van der Waals surface area (Å²) < 4.78 is 15.5. The molecule has 0 unspecified atom stereocenters. The molecule has 0 aliphatic heterocycles. The van der Waals surface area contributed by atoms with Crippen LogP contribution < -0.4 is 10.6 Å². The number of carbonyl (C=O) groups is 1. The highest BCUT2D eigenvalue weighted by molar-refractivity contribution is 6.04. The van der Waals surface area contributed by atoms with Gasteiger partial charge in [0.15, 0.2) is 11.6 Å². The minimum atomic E-state index is -0.559. The fourth-order valence-electron chi connectivity index (χ4n) is 2.99. The molecule has 0 aliphatic rings. The molecule has 0 spiro atoms. The highest BCUT2D eigenvalue weighted by atomic mass is 19.1. The van der Waals surface area contributed by atoms with Crippen LogP contribution in [0.5, 0.6) is 0 Å². The Bertz CT molecular complexity index is 1190. The van der Waals surface area contributed by atoms with Crippen molar-refractivity contribution in [3.63, 3.8) is 0 Å². The summed E-state index contributed by atoms with van der Waals surface area (Å²) in [4.78, 5) is 12.2. The first kappa shape index (κ1) is 19.3. The molecule has 0 radical (unpaired) electrons. The van der Waals surface area contributed by atoms with Gasteiger partial charge in [0.1, 0.15) is 5.82 Å². The maximum absolute atomic E-state index is 13.7. The van der Waals surface area contributed by atoms with Gasteiger partial charge in [-0.2, -0.15) is 5.10 Å². The van der Waals surface area contributed by atoms with Crippen molar-refractivity contribution in [3.05, 3.63) is 89.5 Å². The van der Waals surface area contributed by atoms with Crippen LogP contribution in [0.25, 0.3) is 5.82 Å². The van der Waals surface area contributed by atoms with Gasteiger partial charge in [-0.3, -0.25) is 4.79 Å². The monoisotopic (exact) mass is 402 g/mol. The van der Waals surface area contributed by atoms with Crippen LogP contribution in [0.15, 0.2) is 66.7 Å². The third-order valence-electron chi connectivity index (χ3n) is 4.41. The summed E-state index contributed by atoms with van der Waals surface area (Å²) in [5, 5.41) is 18.6. The smallest absolute Gasteiger partial charge is 0.258 e. The van der Waals surface area contributed by atoms with E-state index in [9.17, 15) is 9.18 Å². The highest BCUT2D eigenvalue weighted by Gasteiger charge is 2.11. The first-order valence-corrected chi connectivity index (χ1v) is 9.30. The number of nitrogens with one attached hydrogen (secondary N) is 2. The molecule has 0 saturated carbocycles. The number of aromatic nitrogens is 4. The van der Waals surface area contributed by atoms with E-state index >= 15 is 0 Å². The van der Waals surface area contributed by atoms with Crippen molar-refractivity contribution in [2.75, 3.05) is 10.6 Å². The lowest BCUT2D eigenvalue weighted by Crippen LogP contribution is -2.13. The van der Waals surface area contributed by atoms with Gasteiger partial charge in [0, 0.05) is 17.1 Å². The van der Waals surface area contributed by atoms with Gasteiger partial charge in [-0.05, 0) is 68.4 Å². The number of amides is 1. The van der Waals surface area contributed by atoms with E-state index in [0.717, 1.165) is 17.1 Å². The third-order valence-corrected chi connectivity index (χ3v) is 4.41. The summed E-state index contributed by atoms with van der Waals surface area (Å²) in [5.41, 5.74) is 3.22. The second-order valence-corrected chi connectivity index (χ2v) is 6.75. The SMILES string of the molecule is Cc1cc(C)n(-c2ccc(Nc3ccc(NC(=O)c4ccccc4F)cc3)nn2)n1. The molecule has 8 heteroatoms. The number of halogens is 1. The molecule has 2 aromatic carbocycles. The molecule has 2 N–H and O–H groups in total. The summed E-state index contributed by atoms with van der Waals surface area (Å²) >= 11 is 0. The van der Waals surface area contributed by atoms with E-state index in [2.05, 4.69) is 25.9 Å². The Morgan fingerprint density at radius 3 is 2.30 bits per heavy atom. The molecule has 150 valence electrons. The number of hydrogen-bond acceptors (Lipinski definition) is 5. The maximum Gasteiger partial charge on any atom is 0.258 e. The molecule has 0 bridgehead atoms. The highest BCUT2D eigenvalue weighted by Crippen LogP contribution is 2.19. The van der Waals surface area contributed by atoms with Crippen molar-refractivity contribution in [1.29, 1.82) is 0 Å². The molecule has 0 saturated heterocycles. The molecule has 30 heavy (non-hydrogen) atoms. The molecule has 0 aliphatic carbocycles. The standard InChI is InChI=1S/C22H19FN6O/c1-14-13-15(2)29(28-14)21-12-11-20(26-27-21)24-16-7-9-17(10-8-16)25-22(30)18-5-3-4-6-19(18)23/h3-13H,1-2H3,(H,24,26)(H,25,30). The van der Waals surface area contributed by atoms with Gasteiger partial charge in [-0.25, -0.2) is 9.07 Å². The van der Waals surface area contributed by atoms with Gasteiger partial charge >= 0.3 is 0 Å². The minimum Gasteiger partial charge on any atom is -0.339 e. The van der Waals surface area contributed by atoms with Crippen LogP contribution in [0, 0.1) is 19.7 Å². The van der Waals surface area contributed by atoms with Crippen molar-refractivity contribution in [2.24, 2.45) is 0 Å². The Morgan fingerprint density at radius 2 is 1.67 bits per heavy atom. The zero-order valence-corrected chi connectivity index (χ0v) is 16.4. The average Bonchev–Trinajstić information content (AvgIpc) is 3.08. The Hall–Kier alpha value is -4.07. The van der Waals surface area contributed by atoms with Gasteiger partial charge in [0.2, 0.25) is 0 Å².